The molecule has 136 valence electrons. The van der Waals surface area contributed by atoms with Gasteiger partial charge in [-0.2, -0.15) is 9.57 Å². The van der Waals surface area contributed by atoms with Gasteiger partial charge in [0.15, 0.2) is 0 Å². The lowest BCUT2D eigenvalue weighted by atomic mass is 10.1. The smallest absolute Gasteiger partial charge is 0.243 e. The average molecular weight is 392 g/mol. The van der Waals surface area contributed by atoms with E-state index in [1.54, 1.807) is 25.1 Å². The molecule has 1 N–H and O–H groups in total. The number of sulfonamides is 1. The van der Waals surface area contributed by atoms with Crippen LogP contribution in [-0.4, -0.2) is 32.2 Å². The third-order valence-corrected chi connectivity index (χ3v) is 5.97. The molecule has 0 saturated heterocycles. The molecule has 8 heteroatoms. The molecule has 0 aromatic heterocycles. The number of likely N-dealkylation sites (N-methyl/N-ethyl adjacent to an activating group) is 1. The van der Waals surface area contributed by atoms with Gasteiger partial charge in [0.25, 0.3) is 0 Å². The third kappa shape index (κ3) is 4.61. The molecule has 0 spiro atoms. The highest BCUT2D eigenvalue weighted by atomic mass is 35.5. The highest BCUT2D eigenvalue weighted by molar-refractivity contribution is 7.89. The maximum absolute atomic E-state index is 12.5. The van der Waals surface area contributed by atoms with Crippen LogP contribution in [0.2, 0.25) is 5.02 Å². The number of carbonyl (C=O) groups is 1. The number of rotatable bonds is 6. The van der Waals surface area contributed by atoms with Crippen LogP contribution in [0, 0.1) is 11.3 Å². The minimum absolute atomic E-state index is 0.0194. The van der Waals surface area contributed by atoms with Gasteiger partial charge in [-0.3, -0.25) is 4.79 Å². The van der Waals surface area contributed by atoms with Crippen LogP contribution in [0.1, 0.15) is 24.1 Å². The molecule has 1 atom stereocenters. The number of nitriles is 1. The first kappa shape index (κ1) is 19.9. The summed E-state index contributed by atoms with van der Waals surface area (Å²) in [6.07, 6.45) is 0. The SMILES string of the molecule is CC(NC(=O)CN(C)S(=O)(=O)c1ccc(C#N)cc1)c1ccccc1Cl. The van der Waals surface area contributed by atoms with E-state index < -0.39 is 15.9 Å². The lowest BCUT2D eigenvalue weighted by Gasteiger charge is -2.20. The summed E-state index contributed by atoms with van der Waals surface area (Å²) < 4.78 is 26.0. The normalized spacial score (nSPS) is 12.4. The fourth-order valence-electron chi connectivity index (χ4n) is 2.36. The van der Waals surface area contributed by atoms with Crippen molar-refractivity contribution in [3.63, 3.8) is 0 Å². The van der Waals surface area contributed by atoms with E-state index >= 15 is 0 Å². The van der Waals surface area contributed by atoms with Gasteiger partial charge in [-0.25, -0.2) is 8.42 Å². The second-order valence-corrected chi connectivity index (χ2v) is 8.16. The van der Waals surface area contributed by atoms with Gasteiger partial charge in [0.05, 0.1) is 29.1 Å². The Hall–Kier alpha value is -2.40. The zero-order valence-corrected chi connectivity index (χ0v) is 15.9. The van der Waals surface area contributed by atoms with Gasteiger partial charge in [-0.05, 0) is 42.8 Å². The Morgan fingerprint density at radius 1 is 1.23 bits per heavy atom. The van der Waals surface area contributed by atoms with Crippen LogP contribution >= 0.6 is 11.6 Å². The predicted octanol–water partition coefficient (Wildman–Crippen LogP) is 2.71. The van der Waals surface area contributed by atoms with E-state index in [1.807, 2.05) is 12.1 Å². The van der Waals surface area contributed by atoms with Crippen molar-refractivity contribution in [2.24, 2.45) is 0 Å². The zero-order valence-electron chi connectivity index (χ0n) is 14.3. The molecule has 0 aliphatic carbocycles. The van der Waals surface area contributed by atoms with Crippen LogP contribution in [0.4, 0.5) is 0 Å². The Kier molecular flexibility index (Phi) is 6.37. The summed E-state index contributed by atoms with van der Waals surface area (Å²) in [5.74, 6) is -0.447. The molecule has 0 saturated carbocycles. The Morgan fingerprint density at radius 3 is 2.42 bits per heavy atom. The maximum atomic E-state index is 12.5. The van der Waals surface area contributed by atoms with Crippen molar-refractivity contribution in [2.75, 3.05) is 13.6 Å². The second-order valence-electron chi connectivity index (χ2n) is 5.71. The van der Waals surface area contributed by atoms with Gasteiger partial charge in [0, 0.05) is 12.1 Å². The highest BCUT2D eigenvalue weighted by Gasteiger charge is 2.23. The van der Waals surface area contributed by atoms with E-state index in [4.69, 9.17) is 16.9 Å². The fraction of sp³-hybridized carbons (Fsp3) is 0.222. The van der Waals surface area contributed by atoms with E-state index in [0.29, 0.717) is 10.6 Å². The lowest BCUT2D eigenvalue weighted by Crippen LogP contribution is -2.39. The number of hydrogen-bond acceptors (Lipinski definition) is 4. The van der Waals surface area contributed by atoms with Gasteiger partial charge >= 0.3 is 0 Å². The number of nitrogens with one attached hydrogen (secondary N) is 1. The van der Waals surface area contributed by atoms with Crippen molar-refractivity contribution in [2.45, 2.75) is 17.9 Å². The molecule has 2 aromatic carbocycles. The monoisotopic (exact) mass is 391 g/mol. The Labute approximate surface area is 158 Å². The summed E-state index contributed by atoms with van der Waals surface area (Å²) >= 11 is 6.11. The Morgan fingerprint density at radius 2 is 1.85 bits per heavy atom. The molecule has 2 aromatic rings. The van der Waals surface area contributed by atoms with Crippen molar-refractivity contribution in [3.05, 3.63) is 64.7 Å². The first-order valence-corrected chi connectivity index (χ1v) is 9.58. The molecule has 0 aliphatic rings. The predicted molar refractivity (Wildman–Crippen MR) is 99.0 cm³/mol. The highest BCUT2D eigenvalue weighted by Crippen LogP contribution is 2.22. The molecular weight excluding hydrogens is 374 g/mol. The van der Waals surface area contributed by atoms with Gasteiger partial charge in [0.1, 0.15) is 0 Å². The molecule has 0 heterocycles. The van der Waals surface area contributed by atoms with E-state index in [-0.39, 0.29) is 17.5 Å². The van der Waals surface area contributed by atoms with E-state index in [2.05, 4.69) is 5.32 Å². The largest absolute Gasteiger partial charge is 0.348 e. The average Bonchev–Trinajstić information content (AvgIpc) is 2.61. The minimum Gasteiger partial charge on any atom is -0.348 e. The topological polar surface area (TPSA) is 90.3 Å². The summed E-state index contributed by atoms with van der Waals surface area (Å²) in [6, 6.07) is 14.2. The number of amides is 1. The lowest BCUT2D eigenvalue weighted by molar-refractivity contribution is -0.121. The van der Waals surface area contributed by atoms with E-state index in [0.717, 1.165) is 9.87 Å². The molecule has 1 amide bonds. The van der Waals surface area contributed by atoms with Gasteiger partial charge in [-0.15, -0.1) is 0 Å². The van der Waals surface area contributed by atoms with Gasteiger partial charge in [-0.1, -0.05) is 29.8 Å². The first-order valence-electron chi connectivity index (χ1n) is 7.76. The molecule has 0 fully saturated rings. The third-order valence-electron chi connectivity index (χ3n) is 3.81. The minimum atomic E-state index is -3.83. The van der Waals surface area contributed by atoms with Crippen LogP contribution in [0.25, 0.3) is 0 Å². The fourth-order valence-corrected chi connectivity index (χ4v) is 3.79. The second kappa shape index (κ2) is 8.32. The number of hydrogen-bond donors (Lipinski definition) is 1. The molecule has 0 radical (unpaired) electrons. The summed E-state index contributed by atoms with van der Waals surface area (Å²) in [5.41, 5.74) is 1.11. The molecule has 6 nitrogen and oxygen atoms in total. The van der Waals surface area contributed by atoms with Crippen LogP contribution in [0.15, 0.2) is 53.4 Å². The molecule has 0 aliphatic heterocycles. The van der Waals surface area contributed by atoms with E-state index in [9.17, 15) is 13.2 Å². The Bertz CT molecular complexity index is 937. The Balaban J connectivity index is 2.05. The number of nitrogens with zero attached hydrogens (tertiary/aromatic N) is 2. The quantitative estimate of drug-likeness (QED) is 0.819. The van der Waals surface area contributed by atoms with E-state index in [1.165, 1.54) is 31.3 Å². The summed E-state index contributed by atoms with van der Waals surface area (Å²) in [4.78, 5) is 12.2. The van der Waals surface area contributed by atoms with Gasteiger partial charge < -0.3 is 5.32 Å². The molecule has 26 heavy (non-hydrogen) atoms. The maximum Gasteiger partial charge on any atom is 0.243 e. The number of halogens is 1. The molecule has 0 bridgehead atoms. The molecule has 1 unspecified atom stereocenters. The van der Waals surface area contributed by atoms with Crippen LogP contribution in [0.3, 0.4) is 0 Å². The van der Waals surface area contributed by atoms with Gasteiger partial charge in [0.2, 0.25) is 15.9 Å². The number of benzene rings is 2. The molecule has 2 rings (SSSR count). The first-order chi connectivity index (χ1) is 12.3. The van der Waals surface area contributed by atoms with Crippen LogP contribution in [-0.2, 0) is 14.8 Å². The van der Waals surface area contributed by atoms with Crippen LogP contribution in [0.5, 0.6) is 0 Å². The summed E-state index contributed by atoms with van der Waals surface area (Å²) in [5, 5.41) is 12.0. The van der Waals surface area contributed by atoms with Crippen molar-refractivity contribution >= 4 is 27.5 Å². The summed E-state index contributed by atoms with van der Waals surface area (Å²) in [6.45, 7) is 1.44. The zero-order chi connectivity index (χ0) is 19.3. The molecular formula is C18H18ClN3O3S. The number of carbonyl (C=O) groups excluding carboxylic acids is 1. The van der Waals surface area contributed by atoms with Crippen LogP contribution < -0.4 is 5.32 Å². The standard InChI is InChI=1S/C18H18ClN3O3S/c1-13(16-5-3-4-6-17(16)19)21-18(23)12-22(2)26(24,25)15-9-7-14(11-20)8-10-15/h3-10,13H,12H2,1-2H3,(H,21,23). The van der Waals surface area contributed by atoms with Crippen molar-refractivity contribution < 1.29 is 13.2 Å². The van der Waals surface area contributed by atoms with Crippen molar-refractivity contribution in [1.29, 1.82) is 5.26 Å². The summed E-state index contributed by atoms with van der Waals surface area (Å²) in [7, 11) is -2.50. The van der Waals surface area contributed by atoms with Crippen molar-refractivity contribution in [3.8, 4) is 6.07 Å². The van der Waals surface area contributed by atoms with Crippen molar-refractivity contribution in [1.82, 2.24) is 9.62 Å².